The maximum absolute atomic E-state index is 14.2. The first-order chi connectivity index (χ1) is 19.4. The predicted octanol–water partition coefficient (Wildman–Crippen LogP) is 5.84. The van der Waals surface area contributed by atoms with Gasteiger partial charge in [-0.1, -0.05) is 67.4 Å². The number of rotatable bonds is 12. The Hall–Kier alpha value is -3.65. The fraction of sp³-hybridized carbons (Fsp3) is 0.394. The first kappa shape index (κ1) is 31.9. The van der Waals surface area contributed by atoms with Gasteiger partial charge in [0, 0.05) is 12.6 Å². The summed E-state index contributed by atoms with van der Waals surface area (Å²) in [5, 5.41) is 3.01. The summed E-state index contributed by atoms with van der Waals surface area (Å²) in [5.74, 6) is -0.702. The monoisotopic (exact) mass is 577 g/mol. The van der Waals surface area contributed by atoms with E-state index in [0.29, 0.717) is 12.1 Å². The van der Waals surface area contributed by atoms with E-state index in [-0.39, 0.29) is 23.4 Å². The summed E-state index contributed by atoms with van der Waals surface area (Å²) >= 11 is 0. The fourth-order valence-corrected chi connectivity index (χ4v) is 5.90. The van der Waals surface area contributed by atoms with Crippen LogP contribution in [-0.4, -0.2) is 43.8 Å². The van der Waals surface area contributed by atoms with Crippen molar-refractivity contribution in [3.8, 4) is 0 Å². The van der Waals surface area contributed by atoms with E-state index in [2.05, 4.69) is 5.32 Å². The lowest BCUT2D eigenvalue weighted by Gasteiger charge is -2.34. The summed E-state index contributed by atoms with van der Waals surface area (Å²) < 4.78 is 29.2. The van der Waals surface area contributed by atoms with E-state index in [1.165, 1.54) is 4.90 Å². The highest BCUT2D eigenvalue weighted by Crippen LogP contribution is 2.27. The molecule has 0 aliphatic carbocycles. The molecular weight excluding hydrogens is 534 g/mol. The average Bonchev–Trinajstić information content (AvgIpc) is 2.94. The third-order valence-corrected chi connectivity index (χ3v) is 9.31. The SMILES string of the molecule is CCC(C)NC(=O)C(CC)N(Cc1ccc(C)cc1)C(=O)CN(c1ccc(C)c(C)c1)S(=O)(=O)c1ccc(C)cc1. The highest BCUT2D eigenvalue weighted by molar-refractivity contribution is 7.92. The Morgan fingerprint density at radius 1 is 0.805 bits per heavy atom. The minimum atomic E-state index is -4.10. The molecule has 2 unspecified atom stereocenters. The molecule has 0 heterocycles. The van der Waals surface area contributed by atoms with Crippen LogP contribution in [0.2, 0.25) is 0 Å². The Kier molecular flexibility index (Phi) is 10.7. The Labute approximate surface area is 245 Å². The summed E-state index contributed by atoms with van der Waals surface area (Å²) in [6.07, 6.45) is 1.14. The standard InChI is InChI=1S/C33H43N3O4S/c1-8-27(7)34-33(38)31(9-2)35(21-28-15-10-23(3)11-16-28)32(37)22-36(29-17-14-25(5)26(6)20-29)41(39,40)30-18-12-24(4)13-19-30/h10-20,27,31H,8-9,21-22H2,1-7H3,(H,34,38). The maximum atomic E-state index is 14.2. The van der Waals surface area contributed by atoms with Crippen molar-refractivity contribution in [1.82, 2.24) is 10.2 Å². The summed E-state index contributed by atoms with van der Waals surface area (Å²) in [6, 6.07) is 18.9. The highest BCUT2D eigenvalue weighted by Gasteiger charge is 2.34. The minimum Gasteiger partial charge on any atom is -0.352 e. The van der Waals surface area contributed by atoms with Crippen molar-refractivity contribution in [2.75, 3.05) is 10.8 Å². The predicted molar refractivity (Wildman–Crippen MR) is 165 cm³/mol. The molecule has 220 valence electrons. The van der Waals surface area contributed by atoms with E-state index >= 15 is 0 Å². The van der Waals surface area contributed by atoms with Crippen LogP contribution >= 0.6 is 0 Å². The molecule has 3 aromatic rings. The number of hydrogen-bond acceptors (Lipinski definition) is 4. The van der Waals surface area contributed by atoms with E-state index in [9.17, 15) is 18.0 Å². The average molecular weight is 578 g/mol. The van der Waals surface area contributed by atoms with Crippen LogP contribution in [0.4, 0.5) is 5.69 Å². The third kappa shape index (κ3) is 7.97. The molecule has 2 amide bonds. The maximum Gasteiger partial charge on any atom is 0.264 e. The zero-order chi connectivity index (χ0) is 30.3. The van der Waals surface area contributed by atoms with E-state index in [0.717, 1.165) is 38.5 Å². The van der Waals surface area contributed by atoms with Crippen LogP contribution in [0.1, 0.15) is 61.4 Å². The van der Waals surface area contributed by atoms with Gasteiger partial charge in [0.05, 0.1) is 10.6 Å². The molecule has 2 atom stereocenters. The summed E-state index contributed by atoms with van der Waals surface area (Å²) in [6.45, 7) is 13.2. The van der Waals surface area contributed by atoms with Gasteiger partial charge in [-0.15, -0.1) is 0 Å². The summed E-state index contributed by atoms with van der Waals surface area (Å²) in [5.41, 5.74) is 5.20. The van der Waals surface area contributed by atoms with Gasteiger partial charge in [0.25, 0.3) is 10.0 Å². The number of hydrogen-bond donors (Lipinski definition) is 1. The number of benzene rings is 3. The molecule has 0 bridgehead atoms. The lowest BCUT2D eigenvalue weighted by Crippen LogP contribution is -2.53. The molecule has 0 radical (unpaired) electrons. The zero-order valence-corrected chi connectivity index (χ0v) is 26.1. The van der Waals surface area contributed by atoms with Gasteiger partial charge in [-0.2, -0.15) is 0 Å². The van der Waals surface area contributed by atoms with Crippen LogP contribution < -0.4 is 9.62 Å². The quantitative estimate of drug-likeness (QED) is 0.293. The Morgan fingerprint density at radius 2 is 1.39 bits per heavy atom. The van der Waals surface area contributed by atoms with Gasteiger partial charge in [0.2, 0.25) is 11.8 Å². The van der Waals surface area contributed by atoms with Crippen molar-refractivity contribution in [2.45, 2.75) is 84.8 Å². The second kappa shape index (κ2) is 13.8. The molecule has 41 heavy (non-hydrogen) atoms. The van der Waals surface area contributed by atoms with Gasteiger partial charge in [-0.3, -0.25) is 13.9 Å². The number of anilines is 1. The molecule has 8 heteroatoms. The lowest BCUT2D eigenvalue weighted by molar-refractivity contribution is -0.140. The normalized spacial score (nSPS) is 12.9. The zero-order valence-electron chi connectivity index (χ0n) is 25.3. The van der Waals surface area contributed by atoms with Crippen molar-refractivity contribution >= 4 is 27.5 Å². The van der Waals surface area contributed by atoms with E-state index in [1.54, 1.807) is 36.4 Å². The van der Waals surface area contributed by atoms with Gasteiger partial charge in [0.1, 0.15) is 12.6 Å². The van der Waals surface area contributed by atoms with Gasteiger partial charge >= 0.3 is 0 Å². The Morgan fingerprint density at radius 3 is 1.93 bits per heavy atom. The third-order valence-electron chi connectivity index (χ3n) is 7.53. The molecule has 3 rings (SSSR count). The smallest absolute Gasteiger partial charge is 0.264 e. The van der Waals surface area contributed by atoms with Crippen LogP contribution in [-0.2, 0) is 26.2 Å². The van der Waals surface area contributed by atoms with Crippen molar-refractivity contribution in [3.63, 3.8) is 0 Å². The molecule has 0 saturated carbocycles. The van der Waals surface area contributed by atoms with Crippen molar-refractivity contribution < 1.29 is 18.0 Å². The topological polar surface area (TPSA) is 86.8 Å². The number of carbonyl (C=O) groups is 2. The number of sulfonamides is 1. The van der Waals surface area contributed by atoms with Crippen LogP contribution in [0.15, 0.2) is 71.6 Å². The number of amides is 2. The van der Waals surface area contributed by atoms with Crippen molar-refractivity contribution in [3.05, 3.63) is 94.5 Å². The molecule has 0 spiro atoms. The fourth-order valence-electron chi connectivity index (χ4n) is 4.50. The van der Waals surface area contributed by atoms with Gasteiger partial charge in [0.15, 0.2) is 0 Å². The van der Waals surface area contributed by atoms with Crippen molar-refractivity contribution in [2.24, 2.45) is 0 Å². The van der Waals surface area contributed by atoms with Crippen LogP contribution in [0.25, 0.3) is 0 Å². The van der Waals surface area contributed by atoms with Crippen LogP contribution in [0.3, 0.4) is 0 Å². The molecule has 1 N–H and O–H groups in total. The number of aryl methyl sites for hydroxylation is 4. The second-order valence-corrected chi connectivity index (χ2v) is 12.7. The van der Waals surface area contributed by atoms with Gasteiger partial charge in [-0.05, 0) is 88.4 Å². The summed E-state index contributed by atoms with van der Waals surface area (Å²) in [7, 11) is -4.10. The minimum absolute atomic E-state index is 0.0539. The molecular formula is C33H43N3O4S. The Balaban J connectivity index is 2.08. The molecule has 0 aromatic heterocycles. The van der Waals surface area contributed by atoms with Crippen molar-refractivity contribution in [1.29, 1.82) is 0 Å². The summed E-state index contributed by atoms with van der Waals surface area (Å²) in [4.78, 5) is 29.2. The molecule has 0 saturated heterocycles. The Bertz CT molecular complexity index is 1450. The first-order valence-corrected chi connectivity index (χ1v) is 15.6. The molecule has 0 aliphatic heterocycles. The molecule has 0 fully saturated rings. The second-order valence-electron chi connectivity index (χ2n) is 10.8. The highest BCUT2D eigenvalue weighted by atomic mass is 32.2. The number of carbonyl (C=O) groups excluding carboxylic acids is 2. The van der Waals surface area contributed by atoms with E-state index in [1.807, 2.05) is 78.8 Å². The first-order valence-electron chi connectivity index (χ1n) is 14.2. The number of nitrogens with one attached hydrogen (secondary N) is 1. The lowest BCUT2D eigenvalue weighted by atomic mass is 10.1. The number of nitrogens with zero attached hydrogens (tertiary/aromatic N) is 2. The van der Waals surface area contributed by atoms with E-state index < -0.39 is 28.5 Å². The van der Waals surface area contributed by atoms with Crippen LogP contribution in [0, 0.1) is 27.7 Å². The van der Waals surface area contributed by atoms with Gasteiger partial charge < -0.3 is 10.2 Å². The molecule has 7 nitrogen and oxygen atoms in total. The van der Waals surface area contributed by atoms with Crippen LogP contribution in [0.5, 0.6) is 0 Å². The van der Waals surface area contributed by atoms with E-state index in [4.69, 9.17) is 0 Å². The largest absolute Gasteiger partial charge is 0.352 e. The molecule has 3 aromatic carbocycles. The molecule has 0 aliphatic rings. The van der Waals surface area contributed by atoms with Gasteiger partial charge in [-0.25, -0.2) is 8.42 Å².